The molecule has 11 heteroatoms. The van der Waals surface area contributed by atoms with Gasteiger partial charge < -0.3 is 10.8 Å². The van der Waals surface area contributed by atoms with Crippen molar-refractivity contribution in [2.24, 2.45) is 10.2 Å². The first-order chi connectivity index (χ1) is 11.6. The lowest BCUT2D eigenvalue weighted by molar-refractivity contribution is -0.385. The quantitative estimate of drug-likeness (QED) is 0.365. The molecule has 0 radical (unpaired) electrons. The number of azo groups is 1. The summed E-state index contributed by atoms with van der Waals surface area (Å²) in [6.07, 6.45) is -5.06. The highest BCUT2D eigenvalue weighted by atomic mass is 19.4. The number of rotatable bonds is 4. The zero-order chi connectivity index (χ0) is 18.8. The lowest BCUT2D eigenvalue weighted by Gasteiger charge is -2.11. The van der Waals surface area contributed by atoms with Crippen LogP contribution in [-0.4, -0.2) is 16.0 Å². The van der Waals surface area contributed by atoms with Gasteiger partial charge in [-0.05, 0) is 24.3 Å². The van der Waals surface area contributed by atoms with E-state index in [4.69, 9.17) is 10.8 Å². The summed E-state index contributed by atoms with van der Waals surface area (Å²) in [4.78, 5) is 20.9. The maximum absolute atomic E-state index is 13.2. The normalized spacial score (nSPS) is 11.6. The van der Waals surface area contributed by atoms with Crippen molar-refractivity contribution < 1.29 is 28.0 Å². The average molecular weight is 354 g/mol. The van der Waals surface area contributed by atoms with Gasteiger partial charge in [0.05, 0.1) is 21.7 Å². The van der Waals surface area contributed by atoms with Crippen LogP contribution < -0.4 is 5.73 Å². The molecule has 0 atom stereocenters. The number of aromatic carboxylic acids is 1. The highest BCUT2D eigenvalue weighted by Gasteiger charge is 2.38. The van der Waals surface area contributed by atoms with Crippen molar-refractivity contribution >= 4 is 28.7 Å². The molecule has 130 valence electrons. The summed E-state index contributed by atoms with van der Waals surface area (Å²) >= 11 is 0. The molecule has 3 N–H and O–H groups in total. The predicted molar refractivity (Wildman–Crippen MR) is 80.1 cm³/mol. The third kappa shape index (κ3) is 4.07. The highest BCUT2D eigenvalue weighted by Crippen LogP contribution is 2.41. The molecule has 0 saturated heterocycles. The number of nitrogens with zero attached hydrogens (tertiary/aromatic N) is 3. The Labute approximate surface area is 137 Å². The summed E-state index contributed by atoms with van der Waals surface area (Å²) < 4.78 is 39.5. The number of carboxylic acid groups (broad SMARTS) is 1. The number of hydrogen-bond donors (Lipinski definition) is 2. The first-order valence-electron chi connectivity index (χ1n) is 6.50. The molecular weight excluding hydrogens is 345 g/mol. The van der Waals surface area contributed by atoms with Gasteiger partial charge in [-0.15, -0.1) is 5.11 Å². The van der Waals surface area contributed by atoms with Crippen LogP contribution in [0.25, 0.3) is 0 Å². The van der Waals surface area contributed by atoms with Gasteiger partial charge in [0, 0.05) is 17.8 Å². The lowest BCUT2D eigenvalue weighted by Crippen LogP contribution is -2.10. The number of non-ortho nitro benzene ring substituents is 1. The van der Waals surface area contributed by atoms with Gasteiger partial charge >= 0.3 is 12.1 Å². The van der Waals surface area contributed by atoms with E-state index >= 15 is 0 Å². The molecule has 0 bridgehead atoms. The minimum Gasteiger partial charge on any atom is -0.478 e. The van der Waals surface area contributed by atoms with E-state index in [1.54, 1.807) is 0 Å². The number of anilines is 1. The Morgan fingerprint density at radius 2 is 1.76 bits per heavy atom. The van der Waals surface area contributed by atoms with Crippen LogP contribution >= 0.6 is 0 Å². The minimum absolute atomic E-state index is 0.122. The van der Waals surface area contributed by atoms with Gasteiger partial charge in [-0.3, -0.25) is 10.1 Å². The third-order valence-corrected chi connectivity index (χ3v) is 3.00. The second kappa shape index (κ2) is 6.55. The van der Waals surface area contributed by atoms with E-state index in [0.29, 0.717) is 11.8 Å². The number of nitro groups is 1. The zero-order valence-electron chi connectivity index (χ0n) is 12.2. The average Bonchev–Trinajstić information content (AvgIpc) is 2.52. The first kappa shape index (κ1) is 17.8. The monoisotopic (exact) mass is 354 g/mol. The molecule has 2 aromatic carbocycles. The van der Waals surface area contributed by atoms with Crippen LogP contribution in [0.5, 0.6) is 0 Å². The molecule has 8 nitrogen and oxygen atoms in total. The second-order valence-electron chi connectivity index (χ2n) is 4.74. The molecule has 0 unspecified atom stereocenters. The van der Waals surface area contributed by atoms with E-state index in [1.165, 1.54) is 24.3 Å². The largest absolute Gasteiger partial charge is 0.478 e. The van der Waals surface area contributed by atoms with Crippen LogP contribution in [0.15, 0.2) is 46.6 Å². The van der Waals surface area contributed by atoms with Gasteiger partial charge in [0.1, 0.15) is 5.69 Å². The second-order valence-corrected chi connectivity index (χ2v) is 4.74. The molecule has 2 rings (SSSR count). The van der Waals surface area contributed by atoms with E-state index in [0.717, 1.165) is 0 Å². The number of carboxylic acids is 1. The van der Waals surface area contributed by atoms with Gasteiger partial charge in [-0.2, -0.15) is 18.3 Å². The molecule has 0 fully saturated rings. The maximum atomic E-state index is 13.2. The standard InChI is InChI=1S/C14H9F3N4O4/c15-14(16,17)11-6-9(21(24)25)5-10(13(22)23)12(11)20-19-8-3-1-7(18)2-4-8/h1-6H,18H2,(H,22,23). The van der Waals surface area contributed by atoms with E-state index in [2.05, 4.69) is 10.2 Å². The van der Waals surface area contributed by atoms with Crippen LogP contribution in [0.3, 0.4) is 0 Å². The van der Waals surface area contributed by atoms with E-state index in [1.807, 2.05) is 0 Å². The number of nitrogens with two attached hydrogens (primary N) is 1. The fraction of sp³-hybridized carbons (Fsp3) is 0.0714. The minimum atomic E-state index is -5.06. The van der Waals surface area contributed by atoms with Crippen LogP contribution in [0.1, 0.15) is 15.9 Å². The number of hydrogen-bond acceptors (Lipinski definition) is 6. The highest BCUT2D eigenvalue weighted by molar-refractivity contribution is 5.95. The van der Waals surface area contributed by atoms with Crippen molar-refractivity contribution in [3.8, 4) is 0 Å². The topological polar surface area (TPSA) is 131 Å². The van der Waals surface area contributed by atoms with Crippen molar-refractivity contribution in [1.29, 1.82) is 0 Å². The molecule has 0 aromatic heterocycles. The predicted octanol–water partition coefficient (Wildman–Crippen LogP) is 4.31. The summed E-state index contributed by atoms with van der Waals surface area (Å²) in [7, 11) is 0. The van der Waals surface area contributed by atoms with E-state index in [9.17, 15) is 28.1 Å². The zero-order valence-corrected chi connectivity index (χ0v) is 12.2. The Morgan fingerprint density at radius 1 is 1.16 bits per heavy atom. The Bertz CT molecular complexity index is 864. The molecule has 0 aliphatic heterocycles. The van der Waals surface area contributed by atoms with Crippen LogP contribution in [0.4, 0.5) is 35.9 Å². The molecule has 2 aromatic rings. The van der Waals surface area contributed by atoms with Crippen LogP contribution in [0, 0.1) is 10.1 Å². The summed E-state index contributed by atoms with van der Waals surface area (Å²) in [5, 5.41) is 26.7. The number of halogens is 3. The number of benzene rings is 2. The third-order valence-electron chi connectivity index (χ3n) is 3.00. The molecule has 0 heterocycles. The van der Waals surface area contributed by atoms with Gasteiger partial charge in [-0.25, -0.2) is 4.79 Å². The molecule has 0 aliphatic carbocycles. The number of carbonyl (C=O) groups is 1. The number of alkyl halides is 3. The lowest BCUT2D eigenvalue weighted by atomic mass is 10.1. The molecule has 0 spiro atoms. The Morgan fingerprint density at radius 3 is 2.24 bits per heavy atom. The van der Waals surface area contributed by atoms with Gasteiger partial charge in [0.15, 0.2) is 0 Å². The van der Waals surface area contributed by atoms with Crippen molar-refractivity contribution in [3.63, 3.8) is 0 Å². The summed E-state index contributed by atoms with van der Waals surface area (Å²) in [6.45, 7) is 0. The fourth-order valence-electron chi connectivity index (χ4n) is 1.86. The Kier molecular flexibility index (Phi) is 4.68. The van der Waals surface area contributed by atoms with Crippen molar-refractivity contribution in [2.45, 2.75) is 6.18 Å². The molecule has 0 amide bonds. The molecule has 25 heavy (non-hydrogen) atoms. The summed E-state index contributed by atoms with van der Waals surface area (Å²) in [5.41, 5.74) is 1.37. The smallest absolute Gasteiger partial charge is 0.418 e. The van der Waals surface area contributed by atoms with E-state index < -0.39 is 39.6 Å². The summed E-state index contributed by atoms with van der Waals surface area (Å²) in [5.74, 6) is -1.81. The molecular formula is C14H9F3N4O4. The fourth-order valence-corrected chi connectivity index (χ4v) is 1.86. The van der Waals surface area contributed by atoms with Crippen molar-refractivity contribution in [1.82, 2.24) is 0 Å². The van der Waals surface area contributed by atoms with Crippen LogP contribution in [-0.2, 0) is 6.18 Å². The van der Waals surface area contributed by atoms with Gasteiger partial charge in [0.2, 0.25) is 0 Å². The molecule has 0 saturated carbocycles. The SMILES string of the molecule is Nc1ccc(N=Nc2c(C(=O)O)cc([N+](=O)[O-])cc2C(F)(F)F)cc1. The maximum Gasteiger partial charge on any atom is 0.418 e. The van der Waals surface area contributed by atoms with Crippen LogP contribution in [0.2, 0.25) is 0 Å². The van der Waals surface area contributed by atoms with E-state index in [-0.39, 0.29) is 11.8 Å². The number of nitro benzene ring substituents is 1. The number of nitrogen functional groups attached to an aromatic ring is 1. The summed E-state index contributed by atoms with van der Waals surface area (Å²) in [6, 6.07) is 6.27. The Balaban J connectivity index is 2.66. The molecule has 0 aliphatic rings. The van der Waals surface area contributed by atoms with Crippen molar-refractivity contribution in [2.75, 3.05) is 5.73 Å². The van der Waals surface area contributed by atoms with Gasteiger partial charge in [-0.1, -0.05) is 0 Å². The Hall–Kier alpha value is -3.50. The van der Waals surface area contributed by atoms with Gasteiger partial charge in [0.25, 0.3) is 5.69 Å². The van der Waals surface area contributed by atoms with Crippen molar-refractivity contribution in [3.05, 3.63) is 57.6 Å². The first-order valence-corrected chi connectivity index (χ1v) is 6.50.